The number of carbonyl (C=O) groups is 1. The number of rotatable bonds is 5. The Morgan fingerprint density at radius 1 is 1.20 bits per heavy atom. The first-order chi connectivity index (χ1) is 11.8. The summed E-state index contributed by atoms with van der Waals surface area (Å²) in [5.74, 6) is 0.754. The Labute approximate surface area is 149 Å². The Kier molecular flexibility index (Phi) is 4.62. The molecule has 0 radical (unpaired) electrons. The largest absolute Gasteiger partial charge is 0.337 e. The van der Waals surface area contributed by atoms with Gasteiger partial charge in [0.05, 0.1) is 12.1 Å². The fraction of sp³-hybridized carbons (Fsp3) is 0.579. The molecule has 0 N–H and O–H groups in total. The van der Waals surface area contributed by atoms with Crippen LogP contribution < -0.4 is 0 Å². The van der Waals surface area contributed by atoms with Crippen molar-refractivity contribution in [3.8, 4) is 5.95 Å². The molecule has 2 aromatic rings. The number of hydrogen-bond donors (Lipinski definition) is 0. The zero-order valence-electron chi connectivity index (χ0n) is 16.0. The van der Waals surface area contributed by atoms with Crippen LogP contribution in [0.15, 0.2) is 6.07 Å². The van der Waals surface area contributed by atoms with Crippen molar-refractivity contribution >= 4 is 5.91 Å². The summed E-state index contributed by atoms with van der Waals surface area (Å²) in [5.41, 5.74) is 4.61. The SMILES string of the molecule is Cc1cc(C)nc(-n2nc(C)c(CC(=O)N(C(C)C)C3CC3)c2C)n1. The summed E-state index contributed by atoms with van der Waals surface area (Å²) in [6.07, 6.45) is 2.63. The van der Waals surface area contributed by atoms with E-state index in [0.29, 0.717) is 18.4 Å². The van der Waals surface area contributed by atoms with Gasteiger partial charge in [-0.2, -0.15) is 5.10 Å². The molecular weight excluding hydrogens is 314 g/mol. The quantitative estimate of drug-likeness (QED) is 0.839. The van der Waals surface area contributed by atoms with Crippen molar-refractivity contribution < 1.29 is 4.79 Å². The highest BCUT2D eigenvalue weighted by molar-refractivity contribution is 5.80. The van der Waals surface area contributed by atoms with E-state index in [1.165, 1.54) is 0 Å². The normalized spacial score (nSPS) is 14.2. The van der Waals surface area contributed by atoms with E-state index in [-0.39, 0.29) is 11.9 Å². The molecule has 134 valence electrons. The van der Waals surface area contributed by atoms with Gasteiger partial charge in [0, 0.05) is 34.7 Å². The summed E-state index contributed by atoms with van der Waals surface area (Å²) in [7, 11) is 0. The van der Waals surface area contributed by atoms with Crippen molar-refractivity contribution in [1.82, 2.24) is 24.6 Å². The Bertz CT molecular complexity index is 782. The van der Waals surface area contributed by atoms with Crippen LogP contribution in [-0.4, -0.2) is 42.6 Å². The smallest absolute Gasteiger partial charge is 0.251 e. The van der Waals surface area contributed by atoms with Gasteiger partial charge in [-0.1, -0.05) is 0 Å². The van der Waals surface area contributed by atoms with E-state index in [4.69, 9.17) is 0 Å². The summed E-state index contributed by atoms with van der Waals surface area (Å²) in [5, 5.41) is 4.60. The number of aromatic nitrogens is 4. The second-order valence-corrected chi connectivity index (χ2v) is 7.31. The van der Waals surface area contributed by atoms with Crippen LogP contribution in [0.5, 0.6) is 0 Å². The van der Waals surface area contributed by atoms with Gasteiger partial charge in [-0.25, -0.2) is 14.6 Å². The Hall–Kier alpha value is -2.24. The third-order valence-corrected chi connectivity index (χ3v) is 4.71. The number of nitrogens with zero attached hydrogens (tertiary/aromatic N) is 5. The molecule has 1 aliphatic rings. The zero-order valence-corrected chi connectivity index (χ0v) is 16.0. The van der Waals surface area contributed by atoms with Crippen LogP contribution in [0, 0.1) is 27.7 Å². The summed E-state index contributed by atoms with van der Waals surface area (Å²) < 4.78 is 1.76. The molecule has 0 atom stereocenters. The standard InChI is InChI=1S/C19H27N5O/c1-11(2)23(16-7-8-16)18(25)10-17-14(5)22-24(15(17)6)19-20-12(3)9-13(4)21-19/h9,11,16H,7-8,10H2,1-6H3. The Morgan fingerprint density at radius 2 is 1.80 bits per heavy atom. The molecule has 0 aromatic carbocycles. The van der Waals surface area contributed by atoms with Crippen LogP contribution in [0.1, 0.15) is 55.0 Å². The molecule has 0 unspecified atom stereocenters. The van der Waals surface area contributed by atoms with Gasteiger partial charge in [-0.3, -0.25) is 4.79 Å². The molecule has 0 spiro atoms. The average Bonchev–Trinajstić information content (AvgIpc) is 3.28. The molecule has 3 rings (SSSR count). The lowest BCUT2D eigenvalue weighted by Crippen LogP contribution is -2.39. The third kappa shape index (κ3) is 3.57. The summed E-state index contributed by atoms with van der Waals surface area (Å²) in [6, 6.07) is 2.60. The number of amides is 1. The van der Waals surface area contributed by atoms with Crippen molar-refractivity contribution in [3.05, 3.63) is 34.4 Å². The first-order valence-corrected chi connectivity index (χ1v) is 8.97. The van der Waals surface area contributed by atoms with Gasteiger partial charge in [-0.15, -0.1) is 0 Å². The molecule has 25 heavy (non-hydrogen) atoms. The van der Waals surface area contributed by atoms with Crippen LogP contribution in [0.2, 0.25) is 0 Å². The van der Waals surface area contributed by atoms with E-state index in [2.05, 4.69) is 28.9 Å². The molecule has 1 saturated carbocycles. The van der Waals surface area contributed by atoms with Crippen molar-refractivity contribution in [2.75, 3.05) is 0 Å². The van der Waals surface area contributed by atoms with Gasteiger partial charge in [0.1, 0.15) is 0 Å². The van der Waals surface area contributed by atoms with Crippen molar-refractivity contribution in [3.63, 3.8) is 0 Å². The van der Waals surface area contributed by atoms with Crippen LogP contribution in [-0.2, 0) is 11.2 Å². The predicted octanol–water partition coefficient (Wildman–Crippen LogP) is 2.84. The maximum absolute atomic E-state index is 12.9. The lowest BCUT2D eigenvalue weighted by molar-refractivity contribution is -0.132. The fourth-order valence-electron chi connectivity index (χ4n) is 3.44. The minimum Gasteiger partial charge on any atom is -0.337 e. The summed E-state index contributed by atoms with van der Waals surface area (Å²) in [4.78, 5) is 23.9. The highest BCUT2D eigenvalue weighted by Gasteiger charge is 2.34. The second-order valence-electron chi connectivity index (χ2n) is 7.31. The first-order valence-electron chi connectivity index (χ1n) is 8.97. The molecular formula is C19H27N5O. The molecule has 0 aliphatic heterocycles. The highest BCUT2D eigenvalue weighted by Crippen LogP contribution is 2.30. The highest BCUT2D eigenvalue weighted by atomic mass is 16.2. The summed E-state index contributed by atoms with van der Waals surface area (Å²) in [6.45, 7) is 12.0. The monoisotopic (exact) mass is 341 g/mol. The number of hydrogen-bond acceptors (Lipinski definition) is 4. The second kappa shape index (κ2) is 6.58. The van der Waals surface area contributed by atoms with E-state index >= 15 is 0 Å². The Balaban J connectivity index is 1.90. The van der Waals surface area contributed by atoms with Crippen LogP contribution >= 0.6 is 0 Å². The van der Waals surface area contributed by atoms with E-state index in [1.54, 1.807) is 4.68 Å². The van der Waals surface area contributed by atoms with E-state index in [0.717, 1.165) is 41.2 Å². The zero-order chi connectivity index (χ0) is 18.3. The van der Waals surface area contributed by atoms with Crippen LogP contribution in [0.3, 0.4) is 0 Å². The average molecular weight is 341 g/mol. The minimum atomic E-state index is 0.185. The molecule has 1 fully saturated rings. The number of aryl methyl sites for hydroxylation is 3. The van der Waals surface area contributed by atoms with Crippen LogP contribution in [0.4, 0.5) is 0 Å². The van der Waals surface area contributed by atoms with E-state index in [1.807, 2.05) is 38.7 Å². The van der Waals surface area contributed by atoms with E-state index < -0.39 is 0 Å². The Morgan fingerprint density at radius 3 is 2.32 bits per heavy atom. The summed E-state index contributed by atoms with van der Waals surface area (Å²) >= 11 is 0. The maximum Gasteiger partial charge on any atom is 0.251 e. The van der Waals surface area contributed by atoms with Gasteiger partial charge in [-0.05, 0) is 60.5 Å². The molecule has 0 saturated heterocycles. The minimum absolute atomic E-state index is 0.185. The topological polar surface area (TPSA) is 63.9 Å². The van der Waals surface area contributed by atoms with Gasteiger partial charge in [0.2, 0.25) is 5.91 Å². The van der Waals surface area contributed by atoms with Crippen molar-refractivity contribution in [2.24, 2.45) is 0 Å². The molecule has 1 aliphatic carbocycles. The molecule has 6 heteroatoms. The molecule has 1 amide bonds. The predicted molar refractivity (Wildman–Crippen MR) is 96.8 cm³/mol. The van der Waals surface area contributed by atoms with Gasteiger partial charge in [0.25, 0.3) is 5.95 Å². The van der Waals surface area contributed by atoms with Crippen LogP contribution in [0.25, 0.3) is 5.95 Å². The first kappa shape index (κ1) is 17.6. The molecule has 2 heterocycles. The number of carbonyl (C=O) groups excluding carboxylic acids is 1. The fourth-order valence-corrected chi connectivity index (χ4v) is 3.44. The van der Waals surface area contributed by atoms with Crippen molar-refractivity contribution in [2.45, 2.75) is 72.9 Å². The van der Waals surface area contributed by atoms with Crippen molar-refractivity contribution in [1.29, 1.82) is 0 Å². The third-order valence-electron chi connectivity index (χ3n) is 4.71. The molecule has 6 nitrogen and oxygen atoms in total. The van der Waals surface area contributed by atoms with E-state index in [9.17, 15) is 4.79 Å². The lowest BCUT2D eigenvalue weighted by Gasteiger charge is -2.26. The van der Waals surface area contributed by atoms with Gasteiger partial charge in [0.15, 0.2) is 0 Å². The lowest BCUT2D eigenvalue weighted by atomic mass is 10.1. The molecule has 0 bridgehead atoms. The van der Waals surface area contributed by atoms with Gasteiger partial charge < -0.3 is 4.90 Å². The molecule has 2 aromatic heterocycles. The maximum atomic E-state index is 12.9. The van der Waals surface area contributed by atoms with Gasteiger partial charge >= 0.3 is 0 Å².